The molecule has 0 amide bonds. The molecule has 4 rings (SSSR count). The van der Waals surface area contributed by atoms with Gasteiger partial charge in [0.2, 0.25) is 0 Å². The molecule has 0 fully saturated rings. The molecule has 2 aromatic rings. The lowest BCUT2D eigenvalue weighted by molar-refractivity contribution is -0.142. The third-order valence-corrected chi connectivity index (χ3v) is 4.71. The molecule has 0 bridgehead atoms. The summed E-state index contributed by atoms with van der Waals surface area (Å²) in [5.74, 6) is 1.71. The van der Waals surface area contributed by atoms with E-state index in [1.54, 1.807) is 6.08 Å². The van der Waals surface area contributed by atoms with E-state index in [0.29, 0.717) is 0 Å². The molecule has 0 saturated carbocycles. The van der Waals surface area contributed by atoms with Gasteiger partial charge in [-0.05, 0) is 37.3 Å². The minimum atomic E-state index is -0.422. The molecule has 2 aliphatic carbocycles. The van der Waals surface area contributed by atoms with Crippen LogP contribution in [0.2, 0.25) is 0 Å². The van der Waals surface area contributed by atoms with Crippen molar-refractivity contribution in [2.75, 3.05) is 0 Å². The van der Waals surface area contributed by atoms with Crippen LogP contribution in [0.3, 0.4) is 0 Å². The number of aryl methyl sites for hydroxylation is 2. The van der Waals surface area contributed by atoms with Crippen molar-refractivity contribution < 1.29 is 14.0 Å². The molecular weight excluding hydrogens is 314 g/mol. The first-order valence-electron chi connectivity index (χ1n) is 8.85. The summed E-state index contributed by atoms with van der Waals surface area (Å²) in [7, 11) is 0. The molecule has 0 aliphatic heterocycles. The van der Waals surface area contributed by atoms with Crippen molar-refractivity contribution in [2.24, 2.45) is 0 Å². The molecular formula is C21H21NO3. The van der Waals surface area contributed by atoms with Gasteiger partial charge < -0.3 is 9.25 Å². The summed E-state index contributed by atoms with van der Waals surface area (Å²) in [6.07, 6.45) is 11.5. The van der Waals surface area contributed by atoms with E-state index in [1.807, 2.05) is 30.3 Å². The molecule has 0 atom stereocenters. The Labute approximate surface area is 147 Å². The number of carbonyl (C=O) groups is 1. The summed E-state index contributed by atoms with van der Waals surface area (Å²) in [6.45, 7) is 0. The van der Waals surface area contributed by atoms with Gasteiger partial charge in [0.15, 0.2) is 0 Å². The van der Waals surface area contributed by atoms with E-state index in [0.717, 1.165) is 54.0 Å². The van der Waals surface area contributed by atoms with E-state index in [-0.39, 0.29) is 0 Å². The van der Waals surface area contributed by atoms with Gasteiger partial charge in [0, 0.05) is 30.0 Å². The lowest BCUT2D eigenvalue weighted by atomic mass is 9.91. The zero-order valence-corrected chi connectivity index (χ0v) is 14.1. The Kier molecular flexibility index (Phi) is 4.42. The molecule has 1 heterocycles. The maximum Gasteiger partial charge on any atom is 0.355 e. The minimum Gasteiger partial charge on any atom is -0.465 e. The second-order valence-corrected chi connectivity index (χ2v) is 6.43. The van der Waals surface area contributed by atoms with Crippen LogP contribution in [-0.4, -0.2) is 5.97 Å². The van der Waals surface area contributed by atoms with Gasteiger partial charge in [-0.1, -0.05) is 36.4 Å². The summed E-state index contributed by atoms with van der Waals surface area (Å²) < 4.78 is 6.04. The van der Waals surface area contributed by atoms with Crippen LogP contribution in [0.15, 0.2) is 46.9 Å². The lowest BCUT2D eigenvalue weighted by Gasteiger charge is -2.16. The van der Waals surface area contributed by atoms with E-state index >= 15 is 0 Å². The van der Waals surface area contributed by atoms with E-state index in [2.05, 4.69) is 11.6 Å². The fourth-order valence-electron chi connectivity index (χ4n) is 3.52. The van der Waals surface area contributed by atoms with E-state index in [4.69, 9.17) is 9.25 Å². The highest BCUT2D eigenvalue weighted by Crippen LogP contribution is 2.36. The summed E-state index contributed by atoms with van der Waals surface area (Å²) in [5, 5.41) is 0. The summed E-state index contributed by atoms with van der Waals surface area (Å²) in [5.41, 5.74) is 7.07. The highest BCUT2D eigenvalue weighted by molar-refractivity contribution is 5.87. The first kappa shape index (κ1) is 15.8. The average molecular weight is 335 g/mol. The fraction of sp³-hybridized carbons (Fsp3) is 0.286. The molecule has 0 spiro atoms. The molecule has 0 saturated heterocycles. The normalized spacial score (nSPS) is 16.1. The summed E-state index contributed by atoms with van der Waals surface area (Å²) in [4.78, 5) is 17.2. The largest absolute Gasteiger partial charge is 0.465 e. The number of carbonyl (C=O) groups excluding carboxylic acids is 1. The van der Waals surface area contributed by atoms with Gasteiger partial charge in [0.25, 0.3) is 0 Å². The van der Waals surface area contributed by atoms with Crippen molar-refractivity contribution in [2.45, 2.75) is 38.5 Å². The Morgan fingerprint density at radius 3 is 2.80 bits per heavy atom. The lowest BCUT2D eigenvalue weighted by Crippen LogP contribution is -2.20. The standard InChI is InChI=1S/C21H21NO3/c23-20(14-13-15-7-2-1-3-8-15)25-22-17-10-6-12-19-21(17)16-9-4-5-11-18(16)24-19/h1-3,7-8,10,13-14,22H,4-6,9,11-12H2/b14-13-. The van der Waals surface area contributed by atoms with Crippen LogP contribution in [0.1, 0.15) is 47.5 Å². The monoisotopic (exact) mass is 335 g/mol. The quantitative estimate of drug-likeness (QED) is 0.672. The Bertz CT molecular complexity index is 830. The molecule has 25 heavy (non-hydrogen) atoms. The topological polar surface area (TPSA) is 51.5 Å². The van der Waals surface area contributed by atoms with Gasteiger partial charge in [-0.15, -0.1) is 0 Å². The number of nitrogens with one attached hydrogen (secondary N) is 1. The smallest absolute Gasteiger partial charge is 0.355 e. The molecule has 1 aromatic carbocycles. The van der Waals surface area contributed by atoms with Gasteiger partial charge in [0.05, 0.1) is 5.70 Å². The Balaban J connectivity index is 1.44. The van der Waals surface area contributed by atoms with Crippen molar-refractivity contribution >= 4 is 17.7 Å². The van der Waals surface area contributed by atoms with Crippen LogP contribution >= 0.6 is 0 Å². The Morgan fingerprint density at radius 1 is 1.08 bits per heavy atom. The van der Waals surface area contributed by atoms with Gasteiger partial charge in [-0.2, -0.15) is 0 Å². The van der Waals surface area contributed by atoms with Gasteiger partial charge >= 0.3 is 5.97 Å². The van der Waals surface area contributed by atoms with Crippen LogP contribution in [0.5, 0.6) is 0 Å². The van der Waals surface area contributed by atoms with Crippen molar-refractivity contribution in [3.8, 4) is 0 Å². The third-order valence-electron chi connectivity index (χ3n) is 4.71. The van der Waals surface area contributed by atoms with E-state index in [1.165, 1.54) is 24.5 Å². The molecule has 4 heteroatoms. The molecule has 0 radical (unpaired) electrons. The van der Waals surface area contributed by atoms with E-state index < -0.39 is 5.97 Å². The van der Waals surface area contributed by atoms with Crippen LogP contribution in [-0.2, 0) is 28.9 Å². The number of hydroxylamine groups is 1. The van der Waals surface area contributed by atoms with Crippen LogP contribution in [0.4, 0.5) is 0 Å². The molecule has 1 aromatic heterocycles. The number of benzene rings is 1. The summed E-state index contributed by atoms with van der Waals surface area (Å²) >= 11 is 0. The minimum absolute atomic E-state index is 0.422. The maximum atomic E-state index is 12.0. The van der Waals surface area contributed by atoms with Crippen LogP contribution in [0, 0.1) is 0 Å². The molecule has 0 unspecified atom stereocenters. The highest BCUT2D eigenvalue weighted by Gasteiger charge is 2.27. The van der Waals surface area contributed by atoms with Crippen molar-refractivity contribution in [3.63, 3.8) is 0 Å². The van der Waals surface area contributed by atoms with Gasteiger partial charge in [-0.3, -0.25) is 0 Å². The molecule has 2 aliphatic rings. The predicted molar refractivity (Wildman–Crippen MR) is 96.4 cm³/mol. The number of rotatable bonds is 4. The van der Waals surface area contributed by atoms with Crippen LogP contribution < -0.4 is 5.48 Å². The van der Waals surface area contributed by atoms with E-state index in [9.17, 15) is 4.79 Å². The zero-order valence-electron chi connectivity index (χ0n) is 14.1. The number of allylic oxidation sites excluding steroid dienone is 1. The van der Waals surface area contributed by atoms with Crippen molar-refractivity contribution in [3.05, 3.63) is 70.7 Å². The Morgan fingerprint density at radius 2 is 1.92 bits per heavy atom. The number of fused-ring (bicyclic) bond motifs is 3. The maximum absolute atomic E-state index is 12.0. The Hall–Kier alpha value is -2.75. The molecule has 4 nitrogen and oxygen atoms in total. The summed E-state index contributed by atoms with van der Waals surface area (Å²) in [6, 6.07) is 9.67. The molecule has 128 valence electrons. The highest BCUT2D eigenvalue weighted by atomic mass is 16.7. The number of hydrogen-bond acceptors (Lipinski definition) is 4. The van der Waals surface area contributed by atoms with Gasteiger partial charge in [-0.25, -0.2) is 10.3 Å². The second-order valence-electron chi connectivity index (χ2n) is 6.43. The fourth-order valence-corrected chi connectivity index (χ4v) is 3.52. The number of furan rings is 1. The zero-order chi connectivity index (χ0) is 17.1. The first-order chi connectivity index (χ1) is 12.3. The third kappa shape index (κ3) is 3.38. The second kappa shape index (κ2) is 7.01. The van der Waals surface area contributed by atoms with Crippen molar-refractivity contribution in [1.29, 1.82) is 0 Å². The first-order valence-corrected chi connectivity index (χ1v) is 8.85. The van der Waals surface area contributed by atoms with Gasteiger partial charge in [0.1, 0.15) is 11.5 Å². The average Bonchev–Trinajstić information content (AvgIpc) is 3.04. The molecule has 1 N–H and O–H groups in total. The van der Waals surface area contributed by atoms with Crippen molar-refractivity contribution in [1.82, 2.24) is 5.48 Å². The predicted octanol–water partition coefficient (Wildman–Crippen LogP) is 4.21. The number of hydrogen-bond donors (Lipinski definition) is 1. The SMILES string of the molecule is O=C(/C=C\c1ccccc1)ONC1=CCCc2oc3c(c21)CCCC3. The van der Waals surface area contributed by atoms with Crippen LogP contribution in [0.25, 0.3) is 11.8 Å².